The van der Waals surface area contributed by atoms with Crippen LogP contribution >= 0.6 is 39.0 Å². The zero-order chi connectivity index (χ0) is 24.1. The van der Waals surface area contributed by atoms with E-state index in [1.807, 2.05) is 60.2 Å². The molecule has 0 aliphatic carbocycles. The maximum atomic E-state index is 12.5. The van der Waals surface area contributed by atoms with Crippen LogP contribution in [0.2, 0.25) is 0 Å². The Bertz CT molecular complexity index is 1290. The lowest BCUT2D eigenvalue weighted by Crippen LogP contribution is -2.14. The summed E-state index contributed by atoms with van der Waals surface area (Å²) in [5, 5.41) is 14.6. The van der Waals surface area contributed by atoms with Gasteiger partial charge in [0, 0.05) is 22.0 Å². The minimum atomic E-state index is -0.138. The summed E-state index contributed by atoms with van der Waals surface area (Å²) in [6, 6.07) is 13.9. The molecule has 0 spiro atoms. The molecule has 4 rings (SSSR count). The molecule has 1 N–H and O–H groups in total. The summed E-state index contributed by atoms with van der Waals surface area (Å²) in [6.45, 7) is 7.12. The molecule has 0 saturated heterocycles. The molecule has 0 saturated carbocycles. The second kappa shape index (κ2) is 11.2. The van der Waals surface area contributed by atoms with E-state index in [0.717, 1.165) is 32.9 Å². The SMILES string of the molecule is CCn1c(COc2cccc(C)c2C)nnc1SCC(=O)Nc1nc(-c2ccc(Br)cc2)cs1. The predicted octanol–water partition coefficient (Wildman–Crippen LogP) is 6.11. The summed E-state index contributed by atoms with van der Waals surface area (Å²) in [6.07, 6.45) is 0. The molecule has 2 heterocycles. The van der Waals surface area contributed by atoms with Crippen molar-refractivity contribution in [3.05, 3.63) is 69.3 Å². The summed E-state index contributed by atoms with van der Waals surface area (Å²) in [5.74, 6) is 1.64. The molecular weight excluding hydrogens is 534 g/mol. The van der Waals surface area contributed by atoms with E-state index in [2.05, 4.69) is 49.4 Å². The highest BCUT2D eigenvalue weighted by Gasteiger charge is 2.15. The molecule has 0 atom stereocenters. The van der Waals surface area contributed by atoms with E-state index in [1.165, 1.54) is 28.7 Å². The molecule has 34 heavy (non-hydrogen) atoms. The van der Waals surface area contributed by atoms with E-state index in [9.17, 15) is 4.79 Å². The molecule has 10 heteroatoms. The summed E-state index contributed by atoms with van der Waals surface area (Å²) in [5.41, 5.74) is 4.13. The van der Waals surface area contributed by atoms with E-state index in [-0.39, 0.29) is 11.7 Å². The molecule has 0 aliphatic heterocycles. The average molecular weight is 559 g/mol. The number of aromatic nitrogens is 4. The van der Waals surface area contributed by atoms with Crippen LogP contribution in [0.25, 0.3) is 11.3 Å². The first-order chi connectivity index (χ1) is 16.4. The maximum absolute atomic E-state index is 12.5. The van der Waals surface area contributed by atoms with Gasteiger partial charge in [0.05, 0.1) is 11.4 Å². The quantitative estimate of drug-likeness (QED) is 0.250. The highest BCUT2D eigenvalue weighted by atomic mass is 79.9. The van der Waals surface area contributed by atoms with Crippen molar-refractivity contribution in [2.75, 3.05) is 11.1 Å². The Hall–Kier alpha value is -2.69. The molecule has 0 bridgehead atoms. The van der Waals surface area contributed by atoms with Gasteiger partial charge in [-0.05, 0) is 50.1 Å². The second-order valence-electron chi connectivity index (χ2n) is 7.51. The Kier molecular flexibility index (Phi) is 8.02. The number of halogens is 1. The molecule has 2 aromatic heterocycles. The van der Waals surface area contributed by atoms with Gasteiger partial charge in [0.1, 0.15) is 12.4 Å². The van der Waals surface area contributed by atoms with Gasteiger partial charge in [-0.3, -0.25) is 4.79 Å². The number of amides is 1. The topological polar surface area (TPSA) is 81.9 Å². The van der Waals surface area contributed by atoms with E-state index >= 15 is 0 Å². The maximum Gasteiger partial charge on any atom is 0.236 e. The van der Waals surface area contributed by atoms with Crippen molar-refractivity contribution >= 4 is 50.1 Å². The van der Waals surface area contributed by atoms with Gasteiger partial charge in [0.25, 0.3) is 0 Å². The summed E-state index contributed by atoms with van der Waals surface area (Å²) in [4.78, 5) is 17.0. The first-order valence-corrected chi connectivity index (χ1v) is 13.4. The molecule has 0 fully saturated rings. The average Bonchev–Trinajstić information content (AvgIpc) is 3.45. The number of thioether (sulfide) groups is 1. The zero-order valence-corrected chi connectivity index (χ0v) is 22.3. The fraction of sp³-hybridized carbons (Fsp3) is 0.250. The minimum Gasteiger partial charge on any atom is -0.485 e. The molecule has 1 amide bonds. The van der Waals surface area contributed by atoms with Gasteiger partial charge >= 0.3 is 0 Å². The fourth-order valence-corrected chi connectivity index (χ4v) is 5.06. The van der Waals surface area contributed by atoms with Gasteiger partial charge in [-0.25, -0.2) is 4.98 Å². The Balaban J connectivity index is 1.33. The van der Waals surface area contributed by atoms with E-state index in [1.54, 1.807) is 0 Å². The van der Waals surface area contributed by atoms with Crippen molar-refractivity contribution in [2.45, 2.75) is 39.1 Å². The Morgan fingerprint density at radius 2 is 1.97 bits per heavy atom. The summed E-state index contributed by atoms with van der Waals surface area (Å²) >= 11 is 6.18. The number of carbonyl (C=O) groups excluding carboxylic acids is 1. The predicted molar refractivity (Wildman–Crippen MR) is 141 cm³/mol. The third-order valence-corrected chi connectivity index (χ3v) is 7.50. The number of aryl methyl sites for hydroxylation is 1. The molecule has 0 radical (unpaired) electrons. The van der Waals surface area contributed by atoms with Crippen molar-refractivity contribution in [1.82, 2.24) is 19.7 Å². The van der Waals surface area contributed by atoms with E-state index in [0.29, 0.717) is 23.4 Å². The van der Waals surface area contributed by atoms with Crippen LogP contribution in [0.5, 0.6) is 5.75 Å². The lowest BCUT2D eigenvalue weighted by Gasteiger charge is -2.11. The number of carbonyl (C=O) groups is 1. The summed E-state index contributed by atoms with van der Waals surface area (Å²) in [7, 11) is 0. The number of nitrogens with zero attached hydrogens (tertiary/aromatic N) is 4. The van der Waals surface area contributed by atoms with Crippen LogP contribution in [0.15, 0.2) is 57.5 Å². The summed E-state index contributed by atoms with van der Waals surface area (Å²) < 4.78 is 8.97. The van der Waals surface area contributed by atoms with Gasteiger partial charge in [0.2, 0.25) is 5.91 Å². The highest BCUT2D eigenvalue weighted by molar-refractivity contribution is 9.10. The van der Waals surface area contributed by atoms with Gasteiger partial charge in [-0.1, -0.05) is 52.0 Å². The van der Waals surface area contributed by atoms with Gasteiger partial charge in [-0.2, -0.15) is 0 Å². The Labute approximate surface area is 215 Å². The van der Waals surface area contributed by atoms with Crippen LogP contribution in [0.3, 0.4) is 0 Å². The molecule has 0 unspecified atom stereocenters. The fourth-order valence-electron chi connectivity index (χ4n) is 3.24. The smallest absolute Gasteiger partial charge is 0.236 e. The third kappa shape index (κ3) is 5.86. The van der Waals surface area contributed by atoms with Crippen molar-refractivity contribution in [1.29, 1.82) is 0 Å². The van der Waals surface area contributed by atoms with Crippen LogP contribution in [0, 0.1) is 13.8 Å². The second-order valence-corrected chi connectivity index (χ2v) is 10.2. The van der Waals surface area contributed by atoms with Crippen LogP contribution < -0.4 is 10.1 Å². The molecule has 0 aliphatic rings. The first kappa shape index (κ1) is 24.4. The third-order valence-electron chi connectivity index (χ3n) is 5.24. The number of rotatable bonds is 9. The number of benzene rings is 2. The number of anilines is 1. The van der Waals surface area contributed by atoms with Crippen molar-refractivity contribution in [3.8, 4) is 17.0 Å². The van der Waals surface area contributed by atoms with Crippen molar-refractivity contribution in [3.63, 3.8) is 0 Å². The molecule has 176 valence electrons. The van der Waals surface area contributed by atoms with E-state index < -0.39 is 0 Å². The van der Waals surface area contributed by atoms with Crippen molar-refractivity contribution in [2.24, 2.45) is 0 Å². The number of hydrogen-bond donors (Lipinski definition) is 1. The van der Waals surface area contributed by atoms with Crippen molar-refractivity contribution < 1.29 is 9.53 Å². The minimum absolute atomic E-state index is 0.138. The number of hydrogen-bond acceptors (Lipinski definition) is 7. The van der Waals surface area contributed by atoms with Crippen LogP contribution in [0.4, 0.5) is 5.13 Å². The largest absolute Gasteiger partial charge is 0.485 e. The van der Waals surface area contributed by atoms with Gasteiger partial charge in [0.15, 0.2) is 16.1 Å². The molecular formula is C24H24BrN5O2S2. The lowest BCUT2D eigenvalue weighted by molar-refractivity contribution is -0.113. The van der Waals surface area contributed by atoms with Crippen LogP contribution in [-0.4, -0.2) is 31.4 Å². The number of ether oxygens (including phenoxy) is 1. The first-order valence-electron chi connectivity index (χ1n) is 10.7. The van der Waals surface area contributed by atoms with Crippen LogP contribution in [-0.2, 0) is 17.9 Å². The standard InChI is InChI=1S/C24H24BrN5O2S2/c1-4-30-21(12-32-20-7-5-6-15(2)16(20)3)28-29-24(30)34-14-22(31)27-23-26-19(13-33-23)17-8-10-18(25)11-9-17/h5-11,13H,4,12,14H2,1-3H3,(H,26,27,31). The molecule has 2 aromatic carbocycles. The lowest BCUT2D eigenvalue weighted by atomic mass is 10.1. The molecule has 4 aromatic rings. The monoisotopic (exact) mass is 557 g/mol. The van der Waals surface area contributed by atoms with E-state index in [4.69, 9.17) is 4.74 Å². The molecule has 7 nitrogen and oxygen atoms in total. The number of thiazole rings is 1. The Morgan fingerprint density at radius 1 is 1.18 bits per heavy atom. The Morgan fingerprint density at radius 3 is 2.74 bits per heavy atom. The van der Waals surface area contributed by atoms with Crippen LogP contribution in [0.1, 0.15) is 23.9 Å². The normalized spacial score (nSPS) is 10.9. The van der Waals surface area contributed by atoms with Gasteiger partial charge in [-0.15, -0.1) is 21.5 Å². The highest BCUT2D eigenvalue weighted by Crippen LogP contribution is 2.27. The number of nitrogens with one attached hydrogen (secondary N) is 1. The van der Waals surface area contributed by atoms with Gasteiger partial charge < -0.3 is 14.6 Å². The zero-order valence-electron chi connectivity index (χ0n) is 19.0.